The van der Waals surface area contributed by atoms with Gasteiger partial charge in [0.2, 0.25) is 5.91 Å². The zero-order valence-electron chi connectivity index (χ0n) is 17.9. The number of rotatable bonds is 12. The number of hydrogen-bond acceptors (Lipinski definition) is 7. The van der Waals surface area contributed by atoms with E-state index in [1.54, 1.807) is 30.3 Å². The van der Waals surface area contributed by atoms with Gasteiger partial charge in [-0.2, -0.15) is 8.78 Å². The Balaban J connectivity index is 1.61. The molecule has 9 nitrogen and oxygen atoms in total. The van der Waals surface area contributed by atoms with Crippen molar-refractivity contribution < 1.29 is 42.2 Å². The van der Waals surface area contributed by atoms with E-state index >= 15 is 0 Å². The van der Waals surface area contributed by atoms with Crippen LogP contribution in [0.4, 0.5) is 8.78 Å². The Kier molecular flexibility index (Phi) is 10.3. The molecule has 0 spiro atoms. The van der Waals surface area contributed by atoms with E-state index in [1.807, 2.05) is 5.32 Å². The second-order valence-corrected chi connectivity index (χ2v) is 6.83. The lowest BCUT2D eigenvalue weighted by Crippen LogP contribution is -2.34. The van der Waals surface area contributed by atoms with Crippen LogP contribution in [0.2, 0.25) is 0 Å². The van der Waals surface area contributed by atoms with Gasteiger partial charge in [-0.15, -0.1) is 0 Å². The number of imide groups is 1. The molecule has 11 heteroatoms. The van der Waals surface area contributed by atoms with Gasteiger partial charge in [-0.1, -0.05) is 30.3 Å². The summed E-state index contributed by atoms with van der Waals surface area (Å²) in [5.41, 5.74) is 0.517. The molecular formula is C23H22F2N2O7. The Morgan fingerprint density at radius 3 is 2.12 bits per heavy atom. The Bertz CT molecular complexity index is 1010. The number of halogens is 2. The Morgan fingerprint density at radius 1 is 0.794 bits per heavy atom. The minimum Gasteiger partial charge on any atom is -0.456 e. The quantitative estimate of drug-likeness (QED) is 0.355. The van der Waals surface area contributed by atoms with Gasteiger partial charge in [-0.05, 0) is 24.3 Å². The third-order valence-electron chi connectivity index (χ3n) is 4.29. The minimum absolute atomic E-state index is 0.00903. The Hall–Kier alpha value is -4.15. The molecule has 2 aromatic carbocycles. The number of benzene rings is 2. The number of hydrogen-bond donors (Lipinski definition) is 2. The molecule has 3 amide bonds. The zero-order chi connectivity index (χ0) is 24.9. The van der Waals surface area contributed by atoms with Gasteiger partial charge in [0.1, 0.15) is 5.75 Å². The van der Waals surface area contributed by atoms with E-state index in [-0.39, 0.29) is 42.9 Å². The van der Waals surface area contributed by atoms with E-state index in [9.17, 15) is 32.8 Å². The van der Waals surface area contributed by atoms with Gasteiger partial charge >= 0.3 is 12.6 Å². The monoisotopic (exact) mass is 476 g/mol. The maximum atomic E-state index is 12.1. The van der Waals surface area contributed by atoms with Gasteiger partial charge in [-0.25, -0.2) is 0 Å². The van der Waals surface area contributed by atoms with Crippen LogP contribution in [0.15, 0.2) is 54.6 Å². The summed E-state index contributed by atoms with van der Waals surface area (Å²) in [7, 11) is 0. The first kappa shape index (κ1) is 26.1. The average molecular weight is 476 g/mol. The lowest BCUT2D eigenvalue weighted by molar-refractivity contribution is -0.148. The van der Waals surface area contributed by atoms with E-state index in [4.69, 9.17) is 4.74 Å². The third-order valence-corrected chi connectivity index (χ3v) is 4.29. The standard InChI is InChI=1S/C23H22F2N2O7/c24-23(25)34-17-8-6-16(7-9-17)22(32)27-20(30)14-33-21(31)12-13-26-19(29)11-10-18(28)15-4-2-1-3-5-15/h1-9,23H,10-14H2,(H,26,29)(H,27,30,32). The molecule has 0 bridgehead atoms. The molecule has 0 atom stereocenters. The minimum atomic E-state index is -3.01. The van der Waals surface area contributed by atoms with Crippen molar-refractivity contribution in [1.82, 2.24) is 10.6 Å². The number of amides is 3. The molecule has 2 rings (SSSR count). The van der Waals surface area contributed by atoms with Gasteiger partial charge in [0.15, 0.2) is 12.4 Å². The highest BCUT2D eigenvalue weighted by Crippen LogP contribution is 2.14. The van der Waals surface area contributed by atoms with Crippen LogP contribution in [0.5, 0.6) is 5.75 Å². The van der Waals surface area contributed by atoms with Crippen LogP contribution >= 0.6 is 0 Å². The number of ketones is 1. The summed E-state index contributed by atoms with van der Waals surface area (Å²) >= 11 is 0. The van der Waals surface area contributed by atoms with E-state index in [0.29, 0.717) is 5.56 Å². The molecule has 0 saturated heterocycles. The van der Waals surface area contributed by atoms with E-state index in [1.165, 1.54) is 12.1 Å². The van der Waals surface area contributed by atoms with Gasteiger partial charge in [0, 0.05) is 30.5 Å². The van der Waals surface area contributed by atoms with Crippen molar-refractivity contribution in [3.05, 3.63) is 65.7 Å². The van der Waals surface area contributed by atoms with E-state index in [0.717, 1.165) is 12.1 Å². The predicted octanol–water partition coefficient (Wildman–Crippen LogP) is 2.26. The molecule has 2 aromatic rings. The molecule has 0 saturated carbocycles. The van der Waals surface area contributed by atoms with Crippen molar-refractivity contribution in [2.45, 2.75) is 25.9 Å². The predicted molar refractivity (Wildman–Crippen MR) is 114 cm³/mol. The first-order valence-electron chi connectivity index (χ1n) is 10.1. The maximum Gasteiger partial charge on any atom is 0.387 e. The van der Waals surface area contributed by atoms with Crippen molar-refractivity contribution >= 4 is 29.5 Å². The molecule has 0 aliphatic heterocycles. The molecule has 0 radical (unpaired) electrons. The fourth-order valence-electron chi connectivity index (χ4n) is 2.63. The van der Waals surface area contributed by atoms with Gasteiger partial charge < -0.3 is 14.8 Å². The molecule has 0 unspecified atom stereocenters. The normalized spacial score (nSPS) is 10.3. The van der Waals surface area contributed by atoms with Crippen LogP contribution in [0.3, 0.4) is 0 Å². The van der Waals surface area contributed by atoms with E-state index in [2.05, 4.69) is 10.1 Å². The highest BCUT2D eigenvalue weighted by Gasteiger charge is 2.14. The summed E-state index contributed by atoms with van der Waals surface area (Å²) < 4.78 is 33.1. The summed E-state index contributed by atoms with van der Waals surface area (Å²) in [6.07, 6.45) is -0.232. The SMILES string of the molecule is O=C(CCC(=O)c1ccccc1)NCCC(=O)OCC(=O)NC(=O)c1ccc(OC(F)F)cc1. The number of carbonyl (C=O) groups is 5. The van der Waals surface area contributed by atoms with E-state index < -0.39 is 36.9 Å². The maximum absolute atomic E-state index is 12.1. The van der Waals surface area contributed by atoms with Crippen molar-refractivity contribution in [3.63, 3.8) is 0 Å². The smallest absolute Gasteiger partial charge is 0.387 e. The molecule has 34 heavy (non-hydrogen) atoms. The highest BCUT2D eigenvalue weighted by molar-refractivity contribution is 6.05. The first-order chi connectivity index (χ1) is 16.2. The Morgan fingerprint density at radius 2 is 1.47 bits per heavy atom. The fraction of sp³-hybridized carbons (Fsp3) is 0.261. The van der Waals surface area contributed by atoms with Crippen LogP contribution in [-0.2, 0) is 19.1 Å². The number of ether oxygens (including phenoxy) is 2. The van der Waals surface area contributed by atoms with Crippen LogP contribution in [0.25, 0.3) is 0 Å². The Labute approximate surface area is 193 Å². The lowest BCUT2D eigenvalue weighted by Gasteiger charge is -2.08. The molecule has 180 valence electrons. The second kappa shape index (κ2) is 13.4. The van der Waals surface area contributed by atoms with Crippen molar-refractivity contribution in [2.24, 2.45) is 0 Å². The third kappa shape index (κ3) is 9.55. The number of nitrogens with one attached hydrogen (secondary N) is 2. The van der Waals surface area contributed by atoms with Crippen molar-refractivity contribution in [3.8, 4) is 5.75 Å². The van der Waals surface area contributed by atoms with Gasteiger partial charge in [0.25, 0.3) is 11.8 Å². The number of esters is 1. The second-order valence-electron chi connectivity index (χ2n) is 6.83. The van der Waals surface area contributed by atoms with Crippen molar-refractivity contribution in [1.29, 1.82) is 0 Å². The molecule has 0 aromatic heterocycles. The number of carbonyl (C=O) groups excluding carboxylic acids is 5. The summed E-state index contributed by atoms with van der Waals surface area (Å²) in [6.45, 7) is -3.78. The molecule has 0 aliphatic carbocycles. The fourth-order valence-corrected chi connectivity index (χ4v) is 2.63. The summed E-state index contributed by atoms with van der Waals surface area (Å²) in [5, 5.41) is 4.46. The highest BCUT2D eigenvalue weighted by atomic mass is 19.3. The van der Waals surface area contributed by atoms with Gasteiger partial charge in [-0.3, -0.25) is 29.3 Å². The average Bonchev–Trinajstić information content (AvgIpc) is 2.81. The molecule has 0 heterocycles. The molecule has 0 fully saturated rings. The molecular weight excluding hydrogens is 454 g/mol. The number of Topliss-reactive ketones (excluding diaryl/α,β-unsaturated/α-hetero) is 1. The summed E-state index contributed by atoms with van der Waals surface area (Å²) in [4.78, 5) is 59.1. The topological polar surface area (TPSA) is 128 Å². The largest absolute Gasteiger partial charge is 0.456 e. The van der Waals surface area contributed by atoms with Crippen LogP contribution in [0, 0.1) is 0 Å². The lowest BCUT2D eigenvalue weighted by atomic mass is 10.1. The summed E-state index contributed by atoms with van der Waals surface area (Å²) in [6, 6.07) is 13.2. The van der Waals surface area contributed by atoms with Crippen LogP contribution in [-0.4, -0.2) is 49.2 Å². The first-order valence-corrected chi connectivity index (χ1v) is 10.1. The van der Waals surface area contributed by atoms with Crippen molar-refractivity contribution in [2.75, 3.05) is 13.2 Å². The van der Waals surface area contributed by atoms with Crippen LogP contribution < -0.4 is 15.4 Å². The van der Waals surface area contributed by atoms with Crippen LogP contribution in [0.1, 0.15) is 40.0 Å². The number of alkyl halides is 2. The molecule has 0 aliphatic rings. The molecule has 2 N–H and O–H groups in total. The van der Waals surface area contributed by atoms with Gasteiger partial charge in [0.05, 0.1) is 6.42 Å². The zero-order valence-corrected chi connectivity index (χ0v) is 17.9. The summed E-state index contributed by atoms with van der Waals surface area (Å²) in [5.74, 6) is -3.23.